The van der Waals surface area contributed by atoms with Gasteiger partial charge in [0.15, 0.2) is 0 Å². The number of methoxy groups -OCH3 is 1. The molecule has 3 atom stereocenters. The van der Waals surface area contributed by atoms with E-state index in [2.05, 4.69) is 9.88 Å². The van der Waals surface area contributed by atoms with Crippen molar-refractivity contribution >= 4 is 28.6 Å². The van der Waals surface area contributed by atoms with Crippen LogP contribution in [-0.4, -0.2) is 57.6 Å². The van der Waals surface area contributed by atoms with Gasteiger partial charge in [-0.1, -0.05) is 0 Å². The van der Waals surface area contributed by atoms with Crippen molar-refractivity contribution in [2.24, 2.45) is 11.8 Å². The molecule has 39 heavy (non-hydrogen) atoms. The number of ether oxygens (including phenoxy) is 1. The van der Waals surface area contributed by atoms with E-state index in [1.54, 1.807) is 18.2 Å². The zero-order chi connectivity index (χ0) is 27.7. The van der Waals surface area contributed by atoms with Crippen LogP contribution >= 0.6 is 11.8 Å². The Morgan fingerprint density at radius 2 is 1.97 bits per heavy atom. The van der Waals surface area contributed by atoms with Crippen LogP contribution < -0.4 is 4.74 Å². The van der Waals surface area contributed by atoms with Crippen molar-refractivity contribution < 1.29 is 32.9 Å². The zero-order valence-electron chi connectivity index (χ0n) is 21.5. The average Bonchev–Trinajstić information content (AvgIpc) is 2.90. The normalized spacial score (nSPS) is 24.3. The molecule has 6 nitrogen and oxygen atoms in total. The summed E-state index contributed by atoms with van der Waals surface area (Å²) in [5, 5.41) is 21.6. The summed E-state index contributed by atoms with van der Waals surface area (Å²) in [5.41, 5.74) is 0.691. The summed E-state index contributed by atoms with van der Waals surface area (Å²) in [5.74, 6) is -2.61. The van der Waals surface area contributed by atoms with Gasteiger partial charge in [0.05, 0.1) is 30.8 Å². The van der Waals surface area contributed by atoms with E-state index < -0.39 is 35.4 Å². The van der Waals surface area contributed by atoms with Gasteiger partial charge in [0, 0.05) is 33.7 Å². The van der Waals surface area contributed by atoms with Gasteiger partial charge in [-0.25, -0.2) is 13.2 Å². The van der Waals surface area contributed by atoms with Gasteiger partial charge in [-0.15, -0.1) is 11.8 Å². The minimum Gasteiger partial charge on any atom is -0.497 e. The third kappa shape index (κ3) is 6.02. The smallest absolute Gasteiger partial charge is 0.308 e. The Bertz CT molecular complexity index is 1350. The van der Waals surface area contributed by atoms with Gasteiger partial charge in [-0.3, -0.25) is 14.7 Å². The third-order valence-electron chi connectivity index (χ3n) is 8.09. The fourth-order valence-electron chi connectivity index (χ4n) is 5.81. The van der Waals surface area contributed by atoms with Crippen LogP contribution in [-0.2, 0) is 4.79 Å². The second-order valence-electron chi connectivity index (χ2n) is 10.4. The summed E-state index contributed by atoms with van der Waals surface area (Å²) < 4.78 is 47.5. The lowest BCUT2D eigenvalue weighted by Gasteiger charge is -2.47. The van der Waals surface area contributed by atoms with E-state index in [1.165, 1.54) is 24.9 Å². The number of benzene rings is 2. The van der Waals surface area contributed by atoms with E-state index in [-0.39, 0.29) is 29.2 Å². The molecule has 2 aliphatic rings. The fourth-order valence-corrected chi connectivity index (χ4v) is 7.17. The zero-order valence-corrected chi connectivity index (χ0v) is 22.3. The molecule has 2 aromatic carbocycles. The second-order valence-corrected chi connectivity index (χ2v) is 11.8. The molecule has 1 aromatic heterocycles. The number of carboxylic acids is 1. The molecule has 0 bridgehead atoms. The standard InChI is InChI=1S/C29H31F3N2O4S/c1-38-19-4-6-25-21(13-19)28(24(32)14-33-25)26(35)7-2-16-8-9-34(15-22(16)29(36)37)18-11-20(12-18)39-27-10-17(30)3-5-23(27)31/h3-6,10,13-14,16,18,20,22,26,35H,2,7-9,11-12,15H2,1H3,(H,36,37)/t16-,18?,20?,22+,26+/m1/s1. The van der Waals surface area contributed by atoms with Crippen molar-refractivity contribution in [1.82, 2.24) is 9.88 Å². The van der Waals surface area contributed by atoms with Crippen molar-refractivity contribution in [3.05, 3.63) is 65.6 Å². The lowest BCUT2D eigenvalue weighted by atomic mass is 9.79. The third-order valence-corrected chi connectivity index (χ3v) is 9.38. The molecule has 2 N–H and O–H groups in total. The number of aliphatic hydroxyl groups is 1. The van der Waals surface area contributed by atoms with E-state index in [0.29, 0.717) is 40.9 Å². The molecular weight excluding hydrogens is 529 g/mol. The van der Waals surface area contributed by atoms with Crippen molar-refractivity contribution in [1.29, 1.82) is 0 Å². The highest BCUT2D eigenvalue weighted by Gasteiger charge is 2.41. The van der Waals surface area contributed by atoms with Crippen molar-refractivity contribution in [3.63, 3.8) is 0 Å². The number of carbonyl (C=O) groups is 1. The maximum atomic E-state index is 14.8. The number of likely N-dealkylation sites (tertiary alicyclic amines) is 1. The maximum absolute atomic E-state index is 14.8. The molecule has 0 amide bonds. The van der Waals surface area contributed by atoms with Crippen molar-refractivity contribution in [2.75, 3.05) is 20.2 Å². The number of nitrogens with zero attached hydrogens (tertiary/aromatic N) is 2. The first-order valence-corrected chi connectivity index (χ1v) is 14.0. The molecule has 208 valence electrons. The number of thioether (sulfide) groups is 1. The number of piperidine rings is 1. The van der Waals surface area contributed by atoms with Gasteiger partial charge in [0.1, 0.15) is 23.2 Å². The average molecular weight is 561 g/mol. The highest BCUT2D eigenvalue weighted by Crippen LogP contribution is 2.42. The first-order chi connectivity index (χ1) is 18.7. The van der Waals surface area contributed by atoms with E-state index in [1.807, 2.05) is 0 Å². The molecule has 2 fully saturated rings. The van der Waals surface area contributed by atoms with E-state index in [9.17, 15) is 28.2 Å². The minimum atomic E-state index is -1.11. The molecule has 2 heterocycles. The summed E-state index contributed by atoms with van der Waals surface area (Å²) in [6.45, 7) is 1.13. The molecule has 1 aliphatic heterocycles. The molecule has 5 rings (SSSR count). The van der Waals surface area contributed by atoms with Gasteiger partial charge < -0.3 is 14.9 Å². The number of hydrogen-bond acceptors (Lipinski definition) is 6. The Morgan fingerprint density at radius 3 is 2.72 bits per heavy atom. The van der Waals surface area contributed by atoms with Gasteiger partial charge in [-0.05, 0) is 81.0 Å². The largest absolute Gasteiger partial charge is 0.497 e. The molecule has 1 saturated heterocycles. The molecule has 0 unspecified atom stereocenters. The van der Waals surface area contributed by atoms with Gasteiger partial charge >= 0.3 is 5.97 Å². The Balaban J connectivity index is 1.19. The van der Waals surface area contributed by atoms with E-state index >= 15 is 0 Å². The molecule has 1 saturated carbocycles. The van der Waals surface area contributed by atoms with Crippen LogP contribution in [0.25, 0.3) is 10.9 Å². The van der Waals surface area contributed by atoms with Crippen molar-refractivity contribution in [2.45, 2.75) is 54.4 Å². The van der Waals surface area contributed by atoms with Crippen molar-refractivity contribution in [3.8, 4) is 5.75 Å². The van der Waals surface area contributed by atoms with Crippen LogP contribution in [0.1, 0.15) is 43.8 Å². The quantitative estimate of drug-likeness (QED) is 0.341. The Kier molecular flexibility index (Phi) is 8.35. The number of aliphatic hydroxyl groups excluding tert-OH is 1. The SMILES string of the molecule is COc1ccc2ncc(F)c([C@@H](O)CC[C@@H]3CCN(C4CC(Sc5cc(F)ccc5F)C4)C[C@@H]3C(=O)O)c2c1. The van der Waals surface area contributed by atoms with Crippen LogP contribution in [0.5, 0.6) is 5.75 Å². The highest BCUT2D eigenvalue weighted by atomic mass is 32.2. The number of hydrogen-bond donors (Lipinski definition) is 2. The van der Waals surface area contributed by atoms with Crippen LogP contribution in [0.2, 0.25) is 0 Å². The van der Waals surface area contributed by atoms with Gasteiger partial charge in [0.25, 0.3) is 0 Å². The summed E-state index contributed by atoms with van der Waals surface area (Å²) in [6, 6.07) is 8.73. The molecule has 10 heteroatoms. The van der Waals surface area contributed by atoms with Gasteiger partial charge in [0.2, 0.25) is 0 Å². The topological polar surface area (TPSA) is 82.9 Å². The van der Waals surface area contributed by atoms with Crippen LogP contribution in [0.4, 0.5) is 13.2 Å². The predicted octanol–water partition coefficient (Wildman–Crippen LogP) is 5.82. The highest BCUT2D eigenvalue weighted by molar-refractivity contribution is 8.00. The van der Waals surface area contributed by atoms with E-state index in [4.69, 9.17) is 4.74 Å². The Morgan fingerprint density at radius 1 is 1.18 bits per heavy atom. The number of pyridine rings is 1. The number of rotatable bonds is 9. The van der Waals surface area contributed by atoms with Crippen LogP contribution in [0.3, 0.4) is 0 Å². The number of fused-ring (bicyclic) bond motifs is 1. The number of carboxylic acid groups (broad SMARTS) is 1. The number of aliphatic carboxylic acids is 1. The Hall–Kier alpha value is -2.82. The monoisotopic (exact) mass is 560 g/mol. The molecule has 0 spiro atoms. The minimum absolute atomic E-state index is 0.147. The summed E-state index contributed by atoms with van der Waals surface area (Å²) in [7, 11) is 1.51. The lowest BCUT2D eigenvalue weighted by Crippen LogP contribution is -2.53. The predicted molar refractivity (Wildman–Crippen MR) is 142 cm³/mol. The molecular formula is C29H31F3N2O4S. The molecule has 0 radical (unpaired) electrons. The maximum Gasteiger partial charge on any atom is 0.308 e. The van der Waals surface area contributed by atoms with Crippen LogP contribution in [0.15, 0.2) is 47.5 Å². The summed E-state index contributed by atoms with van der Waals surface area (Å²) >= 11 is 1.33. The number of aromatic nitrogens is 1. The van der Waals surface area contributed by atoms with E-state index in [0.717, 1.165) is 37.7 Å². The lowest BCUT2D eigenvalue weighted by molar-refractivity contribution is -0.147. The second kappa shape index (κ2) is 11.7. The first-order valence-electron chi connectivity index (χ1n) is 13.1. The Labute approximate surface area is 229 Å². The molecule has 1 aliphatic carbocycles. The van der Waals surface area contributed by atoms with Crippen LogP contribution in [0, 0.1) is 29.3 Å². The summed E-state index contributed by atoms with van der Waals surface area (Å²) in [6.07, 6.45) is 2.89. The fraction of sp³-hybridized carbons (Fsp3) is 0.448. The van der Waals surface area contributed by atoms with Gasteiger partial charge in [-0.2, -0.15) is 0 Å². The summed E-state index contributed by atoms with van der Waals surface area (Å²) in [4.78, 5) is 18.8. The molecule has 3 aromatic rings. The number of halogens is 3. The first kappa shape index (κ1) is 27.7.